The van der Waals surface area contributed by atoms with Crippen LogP contribution in [0.25, 0.3) is 0 Å². The molecule has 0 bridgehead atoms. The molecule has 0 aromatic carbocycles. The molecule has 0 saturated carbocycles. The summed E-state index contributed by atoms with van der Waals surface area (Å²) >= 11 is 4.82. The first-order chi connectivity index (χ1) is 6.47. The second kappa shape index (κ2) is 6.73. The van der Waals surface area contributed by atoms with Crippen LogP contribution in [0, 0.1) is 0 Å². The largest absolute Gasteiger partial charge is 0.393 e. The Bertz CT molecular complexity index is 208. The van der Waals surface area contributed by atoms with Crippen LogP contribution in [-0.4, -0.2) is 42.5 Å². The summed E-state index contributed by atoms with van der Waals surface area (Å²) in [5.74, 6) is 0.0550. The average Bonchev–Trinajstić information content (AvgIpc) is 2.12. The number of rotatable bonds is 6. The number of nitrogens with one attached hydrogen (secondary N) is 1. The fourth-order valence-corrected chi connectivity index (χ4v) is 1.31. The second-order valence-corrected chi connectivity index (χ2v) is 3.95. The minimum Gasteiger partial charge on any atom is -0.393 e. The van der Waals surface area contributed by atoms with Crippen LogP contribution in [0.15, 0.2) is 0 Å². The standard InChI is InChI=1S/C9H19N3OS/c1-7(6-8(10)14)12(3)5-4-9(13)11-2/h7H,4-6H2,1-3H3,(H2,10,14)(H,11,13). The maximum atomic E-state index is 11.0. The first-order valence-electron chi connectivity index (χ1n) is 4.66. The summed E-state index contributed by atoms with van der Waals surface area (Å²) in [6, 6.07) is 0.289. The van der Waals surface area contributed by atoms with E-state index in [2.05, 4.69) is 10.2 Å². The van der Waals surface area contributed by atoms with Gasteiger partial charge in [-0.2, -0.15) is 0 Å². The average molecular weight is 217 g/mol. The number of carbonyl (C=O) groups excluding carboxylic acids is 1. The number of hydrogen-bond acceptors (Lipinski definition) is 3. The fraction of sp³-hybridized carbons (Fsp3) is 0.778. The molecule has 0 radical (unpaired) electrons. The third-order valence-corrected chi connectivity index (χ3v) is 2.39. The Morgan fingerprint density at radius 1 is 1.64 bits per heavy atom. The van der Waals surface area contributed by atoms with Crippen molar-refractivity contribution in [1.29, 1.82) is 0 Å². The van der Waals surface area contributed by atoms with Gasteiger partial charge in [-0.3, -0.25) is 4.79 Å². The number of nitrogens with two attached hydrogens (primary N) is 1. The Hall–Kier alpha value is -0.680. The van der Waals surface area contributed by atoms with Crippen molar-refractivity contribution in [3.8, 4) is 0 Å². The zero-order valence-electron chi connectivity index (χ0n) is 9.04. The van der Waals surface area contributed by atoms with E-state index in [0.717, 1.165) is 6.54 Å². The predicted octanol–water partition coefficient (Wildman–Crippen LogP) is 0.119. The number of thiocarbonyl (C=S) groups is 1. The number of amides is 1. The summed E-state index contributed by atoms with van der Waals surface area (Å²) in [5, 5.41) is 2.58. The van der Waals surface area contributed by atoms with Crippen molar-refractivity contribution >= 4 is 23.1 Å². The van der Waals surface area contributed by atoms with Crippen molar-refractivity contribution in [3.63, 3.8) is 0 Å². The van der Waals surface area contributed by atoms with E-state index in [1.165, 1.54) is 0 Å². The molecule has 82 valence electrons. The minimum absolute atomic E-state index is 0.0550. The van der Waals surface area contributed by atoms with Crippen LogP contribution in [0.2, 0.25) is 0 Å². The molecular weight excluding hydrogens is 198 g/mol. The molecule has 5 heteroatoms. The molecule has 1 unspecified atom stereocenters. The lowest BCUT2D eigenvalue weighted by Gasteiger charge is -2.23. The Kier molecular flexibility index (Phi) is 6.40. The molecule has 0 spiro atoms. The Labute approximate surface area is 90.8 Å². The summed E-state index contributed by atoms with van der Waals surface area (Å²) in [6.07, 6.45) is 1.20. The Morgan fingerprint density at radius 3 is 2.64 bits per heavy atom. The first kappa shape index (κ1) is 13.3. The molecule has 0 fully saturated rings. The molecule has 0 rings (SSSR count). The molecular formula is C9H19N3OS. The van der Waals surface area contributed by atoms with Gasteiger partial charge in [0, 0.05) is 32.5 Å². The normalized spacial score (nSPS) is 12.6. The van der Waals surface area contributed by atoms with Crippen LogP contribution in [0.3, 0.4) is 0 Å². The molecule has 0 aromatic heterocycles. The van der Waals surface area contributed by atoms with Crippen LogP contribution in [-0.2, 0) is 4.79 Å². The minimum atomic E-state index is 0.0550. The molecule has 1 atom stereocenters. The highest BCUT2D eigenvalue weighted by Gasteiger charge is 2.10. The van der Waals surface area contributed by atoms with Gasteiger partial charge in [0.1, 0.15) is 0 Å². The molecule has 0 aliphatic carbocycles. The van der Waals surface area contributed by atoms with Gasteiger partial charge in [0.15, 0.2) is 0 Å². The molecule has 14 heavy (non-hydrogen) atoms. The van der Waals surface area contributed by atoms with Gasteiger partial charge >= 0.3 is 0 Å². The van der Waals surface area contributed by atoms with Gasteiger partial charge in [0.25, 0.3) is 0 Å². The van der Waals surface area contributed by atoms with Gasteiger partial charge < -0.3 is 16.0 Å². The third-order valence-electron chi connectivity index (χ3n) is 2.22. The van der Waals surface area contributed by atoms with Crippen LogP contribution in [0.1, 0.15) is 19.8 Å². The van der Waals surface area contributed by atoms with Gasteiger partial charge in [-0.15, -0.1) is 0 Å². The SMILES string of the molecule is CNC(=O)CCN(C)C(C)CC(N)=S. The highest BCUT2D eigenvalue weighted by Crippen LogP contribution is 2.01. The van der Waals surface area contributed by atoms with Crippen molar-refractivity contribution < 1.29 is 4.79 Å². The second-order valence-electron chi connectivity index (χ2n) is 3.42. The van der Waals surface area contributed by atoms with E-state index >= 15 is 0 Å². The van der Waals surface area contributed by atoms with Crippen molar-refractivity contribution in [2.75, 3.05) is 20.6 Å². The first-order valence-corrected chi connectivity index (χ1v) is 5.07. The van der Waals surface area contributed by atoms with E-state index in [4.69, 9.17) is 18.0 Å². The van der Waals surface area contributed by atoms with Crippen LogP contribution >= 0.6 is 12.2 Å². The lowest BCUT2D eigenvalue weighted by atomic mass is 10.2. The predicted molar refractivity (Wildman–Crippen MR) is 62.2 cm³/mol. The number of nitrogens with zero attached hydrogens (tertiary/aromatic N) is 1. The van der Waals surface area contributed by atoms with Crippen molar-refractivity contribution in [2.24, 2.45) is 5.73 Å². The van der Waals surface area contributed by atoms with Gasteiger partial charge in [-0.25, -0.2) is 0 Å². The zero-order valence-corrected chi connectivity index (χ0v) is 9.86. The van der Waals surface area contributed by atoms with Crippen LogP contribution in [0.5, 0.6) is 0 Å². The maximum absolute atomic E-state index is 11.0. The highest BCUT2D eigenvalue weighted by atomic mass is 32.1. The summed E-state index contributed by atoms with van der Waals surface area (Å²) in [4.78, 5) is 13.6. The fourth-order valence-electron chi connectivity index (χ4n) is 1.07. The van der Waals surface area contributed by atoms with Crippen molar-refractivity contribution in [3.05, 3.63) is 0 Å². The monoisotopic (exact) mass is 217 g/mol. The molecule has 3 N–H and O–H groups in total. The summed E-state index contributed by atoms with van der Waals surface area (Å²) in [6.45, 7) is 2.77. The van der Waals surface area contributed by atoms with Crippen LogP contribution < -0.4 is 11.1 Å². The quantitative estimate of drug-likeness (QED) is 0.620. The molecule has 0 aliphatic rings. The van der Waals surface area contributed by atoms with E-state index in [1.54, 1.807) is 7.05 Å². The number of hydrogen-bond donors (Lipinski definition) is 2. The van der Waals surface area contributed by atoms with E-state index in [-0.39, 0.29) is 11.9 Å². The number of carbonyl (C=O) groups is 1. The molecule has 1 amide bonds. The smallest absolute Gasteiger partial charge is 0.221 e. The summed E-state index contributed by atoms with van der Waals surface area (Å²) < 4.78 is 0. The Balaban J connectivity index is 3.77. The van der Waals surface area contributed by atoms with E-state index in [9.17, 15) is 4.79 Å². The molecule has 0 aromatic rings. The topological polar surface area (TPSA) is 58.4 Å². The van der Waals surface area contributed by atoms with Crippen molar-refractivity contribution in [1.82, 2.24) is 10.2 Å². The van der Waals surface area contributed by atoms with E-state index in [0.29, 0.717) is 17.8 Å². The van der Waals surface area contributed by atoms with Gasteiger partial charge in [0.2, 0.25) is 5.91 Å². The lowest BCUT2D eigenvalue weighted by Crippen LogP contribution is -2.35. The maximum Gasteiger partial charge on any atom is 0.221 e. The van der Waals surface area contributed by atoms with E-state index in [1.807, 2.05) is 14.0 Å². The summed E-state index contributed by atoms with van der Waals surface area (Å²) in [7, 11) is 3.60. The summed E-state index contributed by atoms with van der Waals surface area (Å²) in [5.41, 5.74) is 5.44. The van der Waals surface area contributed by atoms with E-state index < -0.39 is 0 Å². The van der Waals surface area contributed by atoms with Crippen molar-refractivity contribution in [2.45, 2.75) is 25.8 Å². The van der Waals surface area contributed by atoms with Gasteiger partial charge in [-0.1, -0.05) is 12.2 Å². The highest BCUT2D eigenvalue weighted by molar-refractivity contribution is 7.80. The van der Waals surface area contributed by atoms with Crippen LogP contribution in [0.4, 0.5) is 0 Å². The molecule has 0 heterocycles. The Morgan fingerprint density at radius 2 is 2.21 bits per heavy atom. The molecule has 0 saturated heterocycles. The van der Waals surface area contributed by atoms with Gasteiger partial charge in [-0.05, 0) is 14.0 Å². The third kappa shape index (κ3) is 5.88. The molecule has 4 nitrogen and oxygen atoms in total. The zero-order chi connectivity index (χ0) is 11.1. The van der Waals surface area contributed by atoms with Gasteiger partial charge in [0.05, 0.1) is 4.99 Å². The lowest BCUT2D eigenvalue weighted by molar-refractivity contribution is -0.120. The molecule has 0 aliphatic heterocycles.